The van der Waals surface area contributed by atoms with Gasteiger partial charge in [-0.2, -0.15) is 5.10 Å². The summed E-state index contributed by atoms with van der Waals surface area (Å²) in [5.74, 6) is 0.868. The highest BCUT2D eigenvalue weighted by atomic mass is 16.5. The van der Waals surface area contributed by atoms with Gasteiger partial charge in [0.15, 0.2) is 0 Å². The quantitative estimate of drug-likeness (QED) is 0.853. The van der Waals surface area contributed by atoms with Crippen LogP contribution in [0.4, 0.5) is 0 Å². The molecule has 5 nitrogen and oxygen atoms in total. The van der Waals surface area contributed by atoms with Crippen LogP contribution in [-0.2, 0) is 24.7 Å². The van der Waals surface area contributed by atoms with Gasteiger partial charge < -0.3 is 10.1 Å². The molecule has 0 bridgehead atoms. The van der Waals surface area contributed by atoms with Crippen LogP contribution in [0.25, 0.3) is 0 Å². The van der Waals surface area contributed by atoms with Gasteiger partial charge in [-0.25, -0.2) is 0 Å². The molecule has 5 heteroatoms. The van der Waals surface area contributed by atoms with E-state index < -0.39 is 0 Å². The Morgan fingerprint density at radius 2 is 1.96 bits per heavy atom. The summed E-state index contributed by atoms with van der Waals surface area (Å²) in [4.78, 5) is 12.0. The summed E-state index contributed by atoms with van der Waals surface area (Å²) in [6.45, 7) is 7.28. The Balaban J connectivity index is 1.81. The number of carbonyl (C=O) groups is 1. The van der Waals surface area contributed by atoms with E-state index in [1.54, 1.807) is 0 Å². The number of carbonyl (C=O) groups excluding carboxylic acids is 1. The molecule has 1 aromatic heterocycles. The summed E-state index contributed by atoms with van der Waals surface area (Å²) in [6.07, 6.45) is 1.19. The molecule has 23 heavy (non-hydrogen) atoms. The Labute approximate surface area is 137 Å². The molecular formula is C18H25N3O2. The van der Waals surface area contributed by atoms with Gasteiger partial charge in [0, 0.05) is 19.3 Å². The Morgan fingerprint density at radius 3 is 2.52 bits per heavy atom. The molecule has 0 saturated heterocycles. The lowest BCUT2D eigenvalue weighted by Crippen LogP contribution is -2.27. The first-order valence-corrected chi connectivity index (χ1v) is 7.98. The van der Waals surface area contributed by atoms with Gasteiger partial charge in [-0.15, -0.1) is 0 Å². The minimum absolute atomic E-state index is 0.0355. The van der Waals surface area contributed by atoms with E-state index in [1.807, 2.05) is 49.8 Å². The van der Waals surface area contributed by atoms with E-state index in [1.165, 1.54) is 5.56 Å². The summed E-state index contributed by atoms with van der Waals surface area (Å²) in [7, 11) is 1.94. The molecule has 0 atom stereocenters. The van der Waals surface area contributed by atoms with Gasteiger partial charge in [-0.1, -0.05) is 12.1 Å². The van der Waals surface area contributed by atoms with Crippen LogP contribution in [-0.4, -0.2) is 28.8 Å². The number of amides is 1. The van der Waals surface area contributed by atoms with Crippen LogP contribution < -0.4 is 10.1 Å². The summed E-state index contributed by atoms with van der Waals surface area (Å²) < 4.78 is 7.28. The molecule has 0 fully saturated rings. The van der Waals surface area contributed by atoms with E-state index in [2.05, 4.69) is 17.3 Å². The SMILES string of the molecule is CCOc1ccc(CC(=O)NCCc2c(C)nn(C)c2C)cc1. The topological polar surface area (TPSA) is 56.1 Å². The van der Waals surface area contributed by atoms with Crippen molar-refractivity contribution in [3.05, 3.63) is 46.8 Å². The van der Waals surface area contributed by atoms with Crippen molar-refractivity contribution in [1.29, 1.82) is 0 Å². The highest BCUT2D eigenvalue weighted by Crippen LogP contribution is 2.13. The molecule has 2 aromatic rings. The lowest BCUT2D eigenvalue weighted by atomic mass is 10.1. The van der Waals surface area contributed by atoms with E-state index in [0.29, 0.717) is 19.6 Å². The molecule has 1 amide bonds. The van der Waals surface area contributed by atoms with Gasteiger partial charge in [0.2, 0.25) is 5.91 Å². The normalized spacial score (nSPS) is 10.6. The Morgan fingerprint density at radius 1 is 1.26 bits per heavy atom. The number of aromatic nitrogens is 2. The zero-order chi connectivity index (χ0) is 16.8. The number of nitrogens with one attached hydrogen (secondary N) is 1. The van der Waals surface area contributed by atoms with Crippen LogP contribution in [0.5, 0.6) is 5.75 Å². The van der Waals surface area contributed by atoms with Gasteiger partial charge in [-0.05, 0) is 50.5 Å². The maximum atomic E-state index is 12.0. The average molecular weight is 315 g/mol. The average Bonchev–Trinajstić information content (AvgIpc) is 2.76. The number of aryl methyl sites for hydroxylation is 2. The molecule has 0 spiro atoms. The van der Waals surface area contributed by atoms with Crippen LogP contribution >= 0.6 is 0 Å². The molecule has 2 rings (SSSR count). The second kappa shape index (κ2) is 7.81. The standard InChI is InChI=1S/C18H25N3O2/c1-5-23-16-8-6-15(7-9-16)12-18(22)19-11-10-17-13(2)20-21(4)14(17)3/h6-9H,5,10-12H2,1-4H3,(H,19,22). The highest BCUT2D eigenvalue weighted by Gasteiger charge is 2.10. The number of benzene rings is 1. The number of hydrogen-bond donors (Lipinski definition) is 1. The number of nitrogens with zero attached hydrogens (tertiary/aromatic N) is 2. The number of rotatable bonds is 7. The fraction of sp³-hybridized carbons (Fsp3) is 0.444. The smallest absolute Gasteiger partial charge is 0.224 e. The summed E-state index contributed by atoms with van der Waals surface area (Å²) in [6, 6.07) is 7.66. The van der Waals surface area contributed by atoms with E-state index in [4.69, 9.17) is 4.74 Å². The molecular weight excluding hydrogens is 290 g/mol. The van der Waals surface area contributed by atoms with Gasteiger partial charge in [0.25, 0.3) is 0 Å². The van der Waals surface area contributed by atoms with Gasteiger partial charge in [0.1, 0.15) is 5.75 Å². The molecule has 1 aromatic carbocycles. The van der Waals surface area contributed by atoms with E-state index >= 15 is 0 Å². The lowest BCUT2D eigenvalue weighted by molar-refractivity contribution is -0.120. The molecule has 0 radical (unpaired) electrons. The van der Waals surface area contributed by atoms with Crippen molar-refractivity contribution in [2.75, 3.05) is 13.2 Å². The van der Waals surface area contributed by atoms with Crippen LogP contribution in [0.2, 0.25) is 0 Å². The van der Waals surface area contributed by atoms with Gasteiger partial charge in [0.05, 0.1) is 18.7 Å². The van der Waals surface area contributed by atoms with Crippen molar-refractivity contribution >= 4 is 5.91 Å². The maximum Gasteiger partial charge on any atom is 0.224 e. The van der Waals surface area contributed by atoms with Crippen molar-refractivity contribution in [3.63, 3.8) is 0 Å². The van der Waals surface area contributed by atoms with Crippen molar-refractivity contribution in [1.82, 2.24) is 15.1 Å². The van der Waals surface area contributed by atoms with Crippen LogP contribution in [0.1, 0.15) is 29.4 Å². The minimum atomic E-state index is 0.0355. The van der Waals surface area contributed by atoms with Crippen molar-refractivity contribution in [2.24, 2.45) is 7.05 Å². The third kappa shape index (κ3) is 4.58. The third-order valence-electron chi connectivity index (χ3n) is 3.96. The summed E-state index contributed by atoms with van der Waals surface area (Å²) in [5.41, 5.74) is 4.39. The highest BCUT2D eigenvalue weighted by molar-refractivity contribution is 5.78. The zero-order valence-electron chi connectivity index (χ0n) is 14.3. The van der Waals surface area contributed by atoms with Crippen molar-refractivity contribution in [2.45, 2.75) is 33.6 Å². The van der Waals surface area contributed by atoms with E-state index in [0.717, 1.165) is 29.1 Å². The predicted molar refractivity (Wildman–Crippen MR) is 90.7 cm³/mol. The molecule has 0 aliphatic rings. The van der Waals surface area contributed by atoms with Crippen LogP contribution in [0, 0.1) is 13.8 Å². The van der Waals surface area contributed by atoms with Crippen LogP contribution in [0.15, 0.2) is 24.3 Å². The van der Waals surface area contributed by atoms with E-state index in [-0.39, 0.29) is 5.91 Å². The molecule has 1 N–H and O–H groups in total. The monoisotopic (exact) mass is 315 g/mol. The second-order valence-electron chi connectivity index (χ2n) is 5.63. The van der Waals surface area contributed by atoms with Crippen molar-refractivity contribution in [3.8, 4) is 5.75 Å². The van der Waals surface area contributed by atoms with Gasteiger partial charge >= 0.3 is 0 Å². The first-order chi connectivity index (χ1) is 11.0. The Bertz CT molecular complexity index is 660. The van der Waals surface area contributed by atoms with E-state index in [9.17, 15) is 4.79 Å². The first-order valence-electron chi connectivity index (χ1n) is 7.98. The number of hydrogen-bond acceptors (Lipinski definition) is 3. The number of ether oxygens (including phenoxy) is 1. The molecule has 0 aliphatic heterocycles. The largest absolute Gasteiger partial charge is 0.494 e. The molecule has 0 aliphatic carbocycles. The Kier molecular flexibility index (Phi) is 5.79. The summed E-state index contributed by atoms with van der Waals surface area (Å²) in [5, 5.41) is 7.37. The fourth-order valence-corrected chi connectivity index (χ4v) is 2.62. The van der Waals surface area contributed by atoms with Crippen LogP contribution in [0.3, 0.4) is 0 Å². The first kappa shape index (κ1) is 17.1. The fourth-order valence-electron chi connectivity index (χ4n) is 2.62. The Hall–Kier alpha value is -2.30. The summed E-state index contributed by atoms with van der Waals surface area (Å²) >= 11 is 0. The van der Waals surface area contributed by atoms with Gasteiger partial charge in [-0.3, -0.25) is 9.48 Å². The third-order valence-corrected chi connectivity index (χ3v) is 3.96. The maximum absolute atomic E-state index is 12.0. The predicted octanol–water partition coefficient (Wildman–Crippen LogP) is 2.34. The minimum Gasteiger partial charge on any atom is -0.494 e. The molecule has 0 unspecified atom stereocenters. The van der Waals surface area contributed by atoms with Crippen molar-refractivity contribution < 1.29 is 9.53 Å². The molecule has 124 valence electrons. The lowest BCUT2D eigenvalue weighted by Gasteiger charge is -2.07. The second-order valence-corrected chi connectivity index (χ2v) is 5.63. The zero-order valence-corrected chi connectivity index (χ0v) is 14.3. The molecule has 1 heterocycles. The molecule has 0 saturated carbocycles.